The molecule has 0 fully saturated rings. The molecule has 0 spiro atoms. The van der Waals surface area contributed by atoms with Gasteiger partial charge in [-0.2, -0.15) is 0 Å². The monoisotopic (exact) mass is 198 g/mol. The van der Waals surface area contributed by atoms with Crippen LogP contribution in [0.1, 0.15) is 52.9 Å². The lowest BCUT2D eigenvalue weighted by Gasteiger charge is -2.12. The predicted octanol–water partition coefficient (Wildman–Crippen LogP) is 3.02. The number of hydrogen-bond acceptors (Lipinski definition) is 2. The fourth-order valence-electron chi connectivity index (χ4n) is 1.18. The molecule has 0 heterocycles. The number of unbranched alkanes of at least 4 members (excludes halogenated alkanes) is 2. The molecule has 0 bridgehead atoms. The van der Waals surface area contributed by atoms with Crippen LogP contribution < -0.4 is 10.6 Å². The molecule has 0 aliphatic heterocycles. The predicted molar refractivity (Wildman–Crippen MR) is 64.2 cm³/mol. The smallest absolute Gasteiger partial charge is 0.0945 e. The fraction of sp³-hybridized carbons (Fsp3) is 0.833. The minimum atomic E-state index is 1.06. The third-order valence-electron chi connectivity index (χ3n) is 2.04. The van der Waals surface area contributed by atoms with Crippen molar-refractivity contribution < 1.29 is 0 Å². The van der Waals surface area contributed by atoms with Gasteiger partial charge in [-0.3, -0.25) is 0 Å². The standard InChI is InChI=1S/C12H26N2/c1-4-7-8-9-12(13-10-5-2)14-11-6-3/h9,13-14H,4-8,10-11H2,1-3H3. The van der Waals surface area contributed by atoms with Crippen LogP contribution in [0.15, 0.2) is 11.9 Å². The highest BCUT2D eigenvalue weighted by atomic mass is 15.1. The minimum Gasteiger partial charge on any atom is -0.372 e. The van der Waals surface area contributed by atoms with Gasteiger partial charge in [0, 0.05) is 13.1 Å². The second kappa shape index (κ2) is 10.4. The highest BCUT2D eigenvalue weighted by molar-refractivity contribution is 4.96. The molecule has 0 saturated carbocycles. The molecule has 14 heavy (non-hydrogen) atoms. The van der Waals surface area contributed by atoms with Crippen molar-refractivity contribution in [2.24, 2.45) is 0 Å². The van der Waals surface area contributed by atoms with E-state index >= 15 is 0 Å². The zero-order valence-corrected chi connectivity index (χ0v) is 10.0. The van der Waals surface area contributed by atoms with Gasteiger partial charge in [-0.1, -0.05) is 27.2 Å². The molecule has 0 amide bonds. The van der Waals surface area contributed by atoms with Crippen LogP contribution in [0.3, 0.4) is 0 Å². The lowest BCUT2D eigenvalue weighted by atomic mass is 10.2. The zero-order chi connectivity index (χ0) is 10.6. The molecule has 0 unspecified atom stereocenters. The van der Waals surface area contributed by atoms with Crippen LogP contribution in [0.25, 0.3) is 0 Å². The normalized spacial score (nSPS) is 9.64. The van der Waals surface area contributed by atoms with Gasteiger partial charge in [0.2, 0.25) is 0 Å². The van der Waals surface area contributed by atoms with Crippen LogP contribution in [0, 0.1) is 0 Å². The molecule has 0 saturated heterocycles. The van der Waals surface area contributed by atoms with Crippen molar-refractivity contribution >= 4 is 0 Å². The largest absolute Gasteiger partial charge is 0.372 e. The second-order valence-electron chi connectivity index (χ2n) is 3.61. The first kappa shape index (κ1) is 13.3. The van der Waals surface area contributed by atoms with Crippen LogP contribution in [-0.4, -0.2) is 13.1 Å². The van der Waals surface area contributed by atoms with Crippen LogP contribution >= 0.6 is 0 Å². The summed E-state index contributed by atoms with van der Waals surface area (Å²) in [6.07, 6.45) is 8.38. The van der Waals surface area contributed by atoms with Gasteiger partial charge < -0.3 is 10.6 Å². The molecule has 0 aliphatic rings. The van der Waals surface area contributed by atoms with E-state index in [0.29, 0.717) is 0 Å². The van der Waals surface area contributed by atoms with Gasteiger partial charge in [-0.25, -0.2) is 0 Å². The Labute approximate surface area is 89.2 Å². The maximum Gasteiger partial charge on any atom is 0.0945 e. The maximum absolute atomic E-state index is 3.41. The van der Waals surface area contributed by atoms with Crippen molar-refractivity contribution in [2.75, 3.05) is 13.1 Å². The first-order valence-electron chi connectivity index (χ1n) is 6.03. The van der Waals surface area contributed by atoms with Crippen LogP contribution in [0.5, 0.6) is 0 Å². The third-order valence-corrected chi connectivity index (χ3v) is 2.04. The Bertz CT molecular complexity index is 131. The maximum atomic E-state index is 3.41. The van der Waals surface area contributed by atoms with E-state index in [1.165, 1.54) is 37.9 Å². The summed E-state index contributed by atoms with van der Waals surface area (Å²) in [7, 11) is 0. The fourth-order valence-corrected chi connectivity index (χ4v) is 1.18. The highest BCUT2D eigenvalue weighted by Crippen LogP contribution is 1.97. The molecule has 2 nitrogen and oxygen atoms in total. The summed E-state index contributed by atoms with van der Waals surface area (Å²) >= 11 is 0. The quantitative estimate of drug-likeness (QED) is 0.556. The molecular formula is C12H26N2. The van der Waals surface area contributed by atoms with Crippen LogP contribution in [0.4, 0.5) is 0 Å². The summed E-state index contributed by atoms with van der Waals surface area (Å²) in [6, 6.07) is 0. The SMILES string of the molecule is CCCCC=C(NCCC)NCCC. The summed E-state index contributed by atoms with van der Waals surface area (Å²) in [4.78, 5) is 0. The summed E-state index contributed by atoms with van der Waals surface area (Å²) in [5, 5.41) is 6.83. The van der Waals surface area contributed by atoms with Crippen molar-refractivity contribution in [1.29, 1.82) is 0 Å². The van der Waals surface area contributed by atoms with Gasteiger partial charge in [-0.05, 0) is 31.8 Å². The van der Waals surface area contributed by atoms with Crippen molar-refractivity contribution in [2.45, 2.75) is 52.9 Å². The third kappa shape index (κ3) is 7.96. The Balaban J connectivity index is 3.75. The van der Waals surface area contributed by atoms with E-state index < -0.39 is 0 Å². The van der Waals surface area contributed by atoms with E-state index in [1.807, 2.05) is 0 Å². The minimum absolute atomic E-state index is 1.06. The Morgan fingerprint density at radius 1 is 0.929 bits per heavy atom. The van der Waals surface area contributed by atoms with Crippen molar-refractivity contribution in [3.63, 3.8) is 0 Å². The first-order chi connectivity index (χ1) is 6.85. The molecule has 2 N–H and O–H groups in total. The summed E-state index contributed by atoms with van der Waals surface area (Å²) in [5.41, 5.74) is 0. The van der Waals surface area contributed by atoms with Crippen LogP contribution in [-0.2, 0) is 0 Å². The molecule has 2 heteroatoms. The van der Waals surface area contributed by atoms with Gasteiger partial charge >= 0.3 is 0 Å². The summed E-state index contributed by atoms with van der Waals surface area (Å²) in [5.74, 6) is 1.22. The Morgan fingerprint density at radius 2 is 1.50 bits per heavy atom. The zero-order valence-electron chi connectivity index (χ0n) is 10.0. The number of nitrogens with one attached hydrogen (secondary N) is 2. The molecule has 0 rings (SSSR count). The lowest BCUT2D eigenvalue weighted by molar-refractivity contribution is 0.653. The second-order valence-corrected chi connectivity index (χ2v) is 3.61. The van der Waals surface area contributed by atoms with E-state index in [0.717, 1.165) is 13.1 Å². The van der Waals surface area contributed by atoms with E-state index in [1.54, 1.807) is 0 Å². The van der Waals surface area contributed by atoms with E-state index in [9.17, 15) is 0 Å². The summed E-state index contributed by atoms with van der Waals surface area (Å²) < 4.78 is 0. The van der Waals surface area contributed by atoms with Gasteiger partial charge in [0.15, 0.2) is 0 Å². The average Bonchev–Trinajstić information content (AvgIpc) is 2.21. The van der Waals surface area contributed by atoms with E-state index in [-0.39, 0.29) is 0 Å². The number of hydrogen-bond donors (Lipinski definition) is 2. The molecule has 0 aliphatic carbocycles. The average molecular weight is 198 g/mol. The van der Waals surface area contributed by atoms with Crippen molar-refractivity contribution in [1.82, 2.24) is 10.6 Å². The van der Waals surface area contributed by atoms with Gasteiger partial charge in [0.1, 0.15) is 0 Å². The molecule has 84 valence electrons. The molecular weight excluding hydrogens is 172 g/mol. The lowest BCUT2D eigenvalue weighted by Crippen LogP contribution is -2.27. The highest BCUT2D eigenvalue weighted by Gasteiger charge is 1.92. The van der Waals surface area contributed by atoms with Crippen LogP contribution in [0.2, 0.25) is 0 Å². The molecule has 0 aromatic heterocycles. The van der Waals surface area contributed by atoms with Crippen molar-refractivity contribution in [3.8, 4) is 0 Å². The number of rotatable bonds is 9. The Kier molecular flexibility index (Phi) is 9.93. The summed E-state index contributed by atoms with van der Waals surface area (Å²) in [6.45, 7) is 8.74. The first-order valence-corrected chi connectivity index (χ1v) is 6.03. The molecule has 0 aromatic rings. The van der Waals surface area contributed by atoms with Gasteiger partial charge in [0.05, 0.1) is 5.82 Å². The van der Waals surface area contributed by atoms with E-state index in [2.05, 4.69) is 37.5 Å². The molecule has 0 radical (unpaired) electrons. The Morgan fingerprint density at radius 3 is 1.93 bits per heavy atom. The molecule has 0 aromatic carbocycles. The number of allylic oxidation sites excluding steroid dienone is 1. The molecule has 0 atom stereocenters. The Hall–Kier alpha value is -0.660. The van der Waals surface area contributed by atoms with Gasteiger partial charge in [0.25, 0.3) is 0 Å². The van der Waals surface area contributed by atoms with Crippen molar-refractivity contribution in [3.05, 3.63) is 11.9 Å². The van der Waals surface area contributed by atoms with E-state index in [4.69, 9.17) is 0 Å². The topological polar surface area (TPSA) is 24.1 Å². The van der Waals surface area contributed by atoms with Gasteiger partial charge in [-0.15, -0.1) is 0 Å².